The number of aromatic nitrogens is 1. The van der Waals surface area contributed by atoms with E-state index in [1.165, 1.54) is 10.4 Å². The molecule has 0 fully saturated rings. The molecule has 0 saturated heterocycles. The number of anilines is 2. The van der Waals surface area contributed by atoms with Crippen molar-refractivity contribution in [3.05, 3.63) is 70.7 Å². The summed E-state index contributed by atoms with van der Waals surface area (Å²) in [4.78, 5) is 36.1. The second-order valence-electron chi connectivity index (χ2n) is 7.94. The van der Waals surface area contributed by atoms with Crippen LogP contribution in [0.15, 0.2) is 59.5 Å². The van der Waals surface area contributed by atoms with Crippen LogP contribution in [-0.2, 0) is 29.1 Å². The summed E-state index contributed by atoms with van der Waals surface area (Å²) >= 11 is 3.11. The molecule has 0 atom stereocenters. The van der Waals surface area contributed by atoms with Crippen molar-refractivity contribution in [2.45, 2.75) is 30.8 Å². The Hall–Kier alpha value is -2.68. The molecule has 0 bridgehead atoms. The zero-order valence-electron chi connectivity index (χ0n) is 17.6. The molecule has 1 aromatic heterocycles. The van der Waals surface area contributed by atoms with Crippen LogP contribution < -0.4 is 10.2 Å². The number of carbonyl (C=O) groups excluding carboxylic acids is 2. The third kappa shape index (κ3) is 4.72. The van der Waals surface area contributed by atoms with Crippen molar-refractivity contribution < 1.29 is 9.59 Å². The number of rotatable bonds is 6. The van der Waals surface area contributed by atoms with Gasteiger partial charge in [0, 0.05) is 48.8 Å². The fourth-order valence-electron chi connectivity index (χ4n) is 4.07. The first-order valence-corrected chi connectivity index (χ1v) is 12.5. The lowest BCUT2D eigenvalue weighted by atomic mass is 10.1. The van der Waals surface area contributed by atoms with Gasteiger partial charge in [0.15, 0.2) is 5.13 Å². The van der Waals surface area contributed by atoms with E-state index >= 15 is 0 Å². The lowest BCUT2D eigenvalue weighted by Gasteiger charge is -2.28. The van der Waals surface area contributed by atoms with Crippen molar-refractivity contribution in [1.82, 2.24) is 9.88 Å². The standard InChI is InChI=1S/C24H24N4O2S2/c29-22(11-13-28-19-8-4-5-9-20(19)31-16-23(28)30)26-24-25-18-10-12-27(15-21(18)32-24)14-17-6-2-1-3-7-17/h1-9H,10-16H2,(H,25,26,29). The predicted octanol–water partition coefficient (Wildman–Crippen LogP) is 4.17. The van der Waals surface area contributed by atoms with E-state index in [1.807, 2.05) is 30.3 Å². The number of amides is 2. The molecule has 32 heavy (non-hydrogen) atoms. The first-order valence-electron chi connectivity index (χ1n) is 10.7. The Morgan fingerprint density at radius 3 is 2.78 bits per heavy atom. The molecule has 0 radical (unpaired) electrons. The summed E-state index contributed by atoms with van der Waals surface area (Å²) in [5, 5.41) is 3.60. The first-order chi connectivity index (χ1) is 15.7. The lowest BCUT2D eigenvalue weighted by Crippen LogP contribution is -2.37. The zero-order valence-corrected chi connectivity index (χ0v) is 19.3. The Morgan fingerprint density at radius 2 is 1.91 bits per heavy atom. The number of fused-ring (bicyclic) bond motifs is 2. The molecule has 0 unspecified atom stereocenters. The highest BCUT2D eigenvalue weighted by molar-refractivity contribution is 8.00. The molecule has 0 spiro atoms. The van der Waals surface area contributed by atoms with Gasteiger partial charge in [-0.3, -0.25) is 14.5 Å². The molecule has 6 nitrogen and oxygen atoms in total. The molecule has 0 saturated carbocycles. The minimum atomic E-state index is -0.110. The van der Waals surface area contributed by atoms with Crippen LogP contribution in [0.5, 0.6) is 0 Å². The number of hydrogen-bond acceptors (Lipinski definition) is 6. The Balaban J connectivity index is 1.17. The minimum Gasteiger partial charge on any atom is -0.310 e. The number of carbonyl (C=O) groups is 2. The molecule has 2 aromatic carbocycles. The molecule has 2 aliphatic heterocycles. The van der Waals surface area contributed by atoms with Crippen LogP contribution in [-0.4, -0.2) is 40.5 Å². The lowest BCUT2D eigenvalue weighted by molar-refractivity contribution is -0.117. The van der Waals surface area contributed by atoms with Crippen molar-refractivity contribution in [2.75, 3.05) is 29.1 Å². The van der Waals surface area contributed by atoms with E-state index in [0.29, 0.717) is 17.4 Å². The topological polar surface area (TPSA) is 65.5 Å². The average Bonchev–Trinajstić information content (AvgIpc) is 3.20. The van der Waals surface area contributed by atoms with E-state index in [-0.39, 0.29) is 18.2 Å². The van der Waals surface area contributed by atoms with E-state index in [2.05, 4.69) is 39.5 Å². The molecule has 2 aliphatic rings. The molecule has 5 rings (SSSR count). The van der Waals surface area contributed by atoms with E-state index < -0.39 is 0 Å². The fourth-order valence-corrected chi connectivity index (χ4v) is 6.08. The highest BCUT2D eigenvalue weighted by Gasteiger charge is 2.25. The Bertz CT molecular complexity index is 1130. The summed E-state index contributed by atoms with van der Waals surface area (Å²) < 4.78 is 0. The highest BCUT2D eigenvalue weighted by atomic mass is 32.2. The second kappa shape index (κ2) is 9.44. The van der Waals surface area contributed by atoms with Crippen molar-refractivity contribution >= 4 is 45.7 Å². The normalized spacial score (nSPS) is 15.9. The van der Waals surface area contributed by atoms with Gasteiger partial charge in [-0.1, -0.05) is 42.5 Å². The van der Waals surface area contributed by atoms with Gasteiger partial charge in [-0.05, 0) is 17.7 Å². The zero-order chi connectivity index (χ0) is 21.9. The van der Waals surface area contributed by atoms with Crippen LogP contribution in [0, 0.1) is 0 Å². The number of thioether (sulfide) groups is 1. The highest BCUT2D eigenvalue weighted by Crippen LogP contribution is 2.35. The van der Waals surface area contributed by atoms with Crippen LogP contribution in [0.4, 0.5) is 10.8 Å². The van der Waals surface area contributed by atoms with E-state index in [0.717, 1.165) is 42.3 Å². The first kappa shape index (κ1) is 21.2. The van der Waals surface area contributed by atoms with Crippen molar-refractivity contribution in [3.8, 4) is 0 Å². The molecule has 8 heteroatoms. The SMILES string of the molecule is O=C(CCN1C(=O)CSc2ccccc21)Nc1nc2c(s1)CN(Cc1ccccc1)CC2. The van der Waals surface area contributed by atoms with E-state index in [1.54, 1.807) is 28.0 Å². The van der Waals surface area contributed by atoms with E-state index in [9.17, 15) is 9.59 Å². The van der Waals surface area contributed by atoms with Crippen LogP contribution in [0.2, 0.25) is 0 Å². The number of hydrogen-bond donors (Lipinski definition) is 1. The van der Waals surface area contributed by atoms with Crippen molar-refractivity contribution in [3.63, 3.8) is 0 Å². The van der Waals surface area contributed by atoms with Gasteiger partial charge in [0.05, 0.1) is 17.1 Å². The van der Waals surface area contributed by atoms with Gasteiger partial charge in [0.1, 0.15) is 0 Å². The van der Waals surface area contributed by atoms with Crippen LogP contribution in [0.3, 0.4) is 0 Å². The van der Waals surface area contributed by atoms with Crippen LogP contribution in [0.1, 0.15) is 22.6 Å². The van der Waals surface area contributed by atoms with Gasteiger partial charge in [-0.25, -0.2) is 4.98 Å². The van der Waals surface area contributed by atoms with Crippen LogP contribution >= 0.6 is 23.1 Å². The number of nitrogens with one attached hydrogen (secondary N) is 1. The molecular formula is C24H24N4O2S2. The third-order valence-electron chi connectivity index (χ3n) is 5.68. The number of benzene rings is 2. The molecule has 0 aliphatic carbocycles. The minimum absolute atomic E-state index is 0.0460. The molecule has 3 aromatic rings. The van der Waals surface area contributed by atoms with Gasteiger partial charge in [-0.2, -0.15) is 0 Å². The molecule has 164 valence electrons. The van der Waals surface area contributed by atoms with Crippen molar-refractivity contribution in [1.29, 1.82) is 0 Å². The summed E-state index contributed by atoms with van der Waals surface area (Å²) in [6.07, 6.45) is 1.14. The second-order valence-corrected chi connectivity index (χ2v) is 10.0. The maximum atomic E-state index is 12.6. The smallest absolute Gasteiger partial charge is 0.237 e. The van der Waals surface area contributed by atoms with Gasteiger partial charge in [0.2, 0.25) is 11.8 Å². The van der Waals surface area contributed by atoms with Crippen molar-refractivity contribution in [2.24, 2.45) is 0 Å². The largest absolute Gasteiger partial charge is 0.310 e. The van der Waals surface area contributed by atoms with Gasteiger partial charge in [-0.15, -0.1) is 23.1 Å². The summed E-state index contributed by atoms with van der Waals surface area (Å²) in [5.74, 6) is 0.350. The average molecular weight is 465 g/mol. The van der Waals surface area contributed by atoms with Gasteiger partial charge < -0.3 is 10.2 Å². The summed E-state index contributed by atoms with van der Waals surface area (Å²) in [5.41, 5.74) is 3.29. The molecule has 2 amide bonds. The molecule has 1 N–H and O–H groups in total. The quantitative estimate of drug-likeness (QED) is 0.593. The Kier molecular flexibility index (Phi) is 6.25. The molecular weight excluding hydrogens is 440 g/mol. The van der Waals surface area contributed by atoms with Crippen LogP contribution in [0.25, 0.3) is 0 Å². The van der Waals surface area contributed by atoms with E-state index in [4.69, 9.17) is 0 Å². The number of para-hydroxylation sites is 1. The Morgan fingerprint density at radius 1 is 1.09 bits per heavy atom. The monoisotopic (exact) mass is 464 g/mol. The maximum Gasteiger partial charge on any atom is 0.237 e. The summed E-state index contributed by atoms with van der Waals surface area (Å²) in [6.45, 7) is 3.11. The number of nitrogens with zero attached hydrogens (tertiary/aromatic N) is 3. The van der Waals surface area contributed by atoms with Gasteiger partial charge in [0.25, 0.3) is 0 Å². The fraction of sp³-hybridized carbons (Fsp3) is 0.292. The summed E-state index contributed by atoms with van der Waals surface area (Å²) in [7, 11) is 0. The Labute approximate surface area is 195 Å². The third-order valence-corrected chi connectivity index (χ3v) is 7.72. The van der Waals surface area contributed by atoms with Gasteiger partial charge >= 0.3 is 0 Å². The molecule has 3 heterocycles. The maximum absolute atomic E-state index is 12.6. The summed E-state index contributed by atoms with van der Waals surface area (Å²) in [6, 6.07) is 18.3. The number of thiazole rings is 1. The predicted molar refractivity (Wildman–Crippen MR) is 129 cm³/mol.